The molecule has 186 valence electrons. The van der Waals surface area contributed by atoms with Gasteiger partial charge in [0.1, 0.15) is 0 Å². The molecule has 2 aliphatic heterocycles. The van der Waals surface area contributed by atoms with Gasteiger partial charge in [0, 0.05) is 5.38 Å². The summed E-state index contributed by atoms with van der Waals surface area (Å²) in [5.74, 6) is 0.840. The first-order chi connectivity index (χ1) is 16.3. The van der Waals surface area contributed by atoms with Crippen molar-refractivity contribution in [1.29, 1.82) is 0 Å². The monoisotopic (exact) mass is 484 g/mol. The van der Waals surface area contributed by atoms with E-state index in [4.69, 9.17) is 4.74 Å². The number of aliphatic hydroxyl groups is 1. The van der Waals surface area contributed by atoms with Crippen LogP contribution in [-0.2, 0) is 9.53 Å². The van der Waals surface area contributed by atoms with Crippen molar-refractivity contribution in [2.24, 2.45) is 11.8 Å². The Hall–Kier alpha value is -2.02. The van der Waals surface area contributed by atoms with E-state index in [1.807, 2.05) is 43.5 Å². The maximum atomic E-state index is 12.7. The Bertz CT molecular complexity index is 917. The zero-order valence-electron chi connectivity index (χ0n) is 20.9. The van der Waals surface area contributed by atoms with E-state index in [-0.39, 0.29) is 24.2 Å². The number of nitrogens with zero attached hydrogens (tertiary/aromatic N) is 1. The van der Waals surface area contributed by atoms with Crippen LogP contribution in [0, 0.1) is 18.8 Å². The number of carbonyl (C=O) groups excluding carboxylic acids is 1. The zero-order chi connectivity index (χ0) is 24.5. The third-order valence-electron chi connectivity index (χ3n) is 6.48. The van der Waals surface area contributed by atoms with Crippen LogP contribution in [0.4, 0.5) is 0 Å². The Balaban J connectivity index is 1.76. The summed E-state index contributed by atoms with van der Waals surface area (Å²) >= 11 is 1.61. The van der Waals surface area contributed by atoms with Crippen LogP contribution >= 0.6 is 11.3 Å². The highest BCUT2D eigenvalue weighted by Crippen LogP contribution is 2.26. The molecule has 0 saturated carbocycles. The van der Waals surface area contributed by atoms with Gasteiger partial charge in [-0.25, -0.2) is 4.98 Å². The predicted octanol–water partition coefficient (Wildman–Crippen LogP) is 5.76. The van der Waals surface area contributed by atoms with Crippen molar-refractivity contribution in [3.8, 4) is 0 Å². The molecule has 0 spiro atoms. The van der Waals surface area contributed by atoms with Crippen LogP contribution in [0.5, 0.6) is 0 Å². The van der Waals surface area contributed by atoms with Gasteiger partial charge < -0.3 is 15.2 Å². The normalized spacial score (nSPS) is 34.0. The topological polar surface area (TPSA) is 71.5 Å². The highest BCUT2D eigenvalue weighted by atomic mass is 32.1. The maximum Gasteiger partial charge on any atom is 0.244 e. The molecule has 6 atom stereocenters. The number of aryl methyl sites for hydroxylation is 1. The van der Waals surface area contributed by atoms with Gasteiger partial charge in [0.15, 0.2) is 0 Å². The van der Waals surface area contributed by atoms with Crippen molar-refractivity contribution in [2.75, 3.05) is 0 Å². The van der Waals surface area contributed by atoms with E-state index in [2.05, 4.69) is 36.3 Å². The van der Waals surface area contributed by atoms with E-state index in [1.165, 1.54) is 0 Å². The van der Waals surface area contributed by atoms with Crippen molar-refractivity contribution in [1.82, 2.24) is 10.3 Å². The molecule has 0 radical (unpaired) electrons. The number of carbonyl (C=O) groups is 1. The fourth-order valence-corrected chi connectivity index (χ4v) is 5.44. The number of aliphatic hydroxyl groups excluding tert-OH is 1. The first kappa shape index (κ1) is 26.6. The Morgan fingerprint density at radius 1 is 1.12 bits per heavy atom. The van der Waals surface area contributed by atoms with Crippen molar-refractivity contribution in [3.63, 3.8) is 0 Å². The number of aromatic nitrogens is 1. The smallest absolute Gasteiger partial charge is 0.244 e. The van der Waals surface area contributed by atoms with Gasteiger partial charge >= 0.3 is 0 Å². The van der Waals surface area contributed by atoms with Crippen molar-refractivity contribution in [2.45, 2.75) is 90.6 Å². The molecule has 0 saturated heterocycles. The Kier molecular flexibility index (Phi) is 10.3. The first-order valence-corrected chi connectivity index (χ1v) is 13.4. The van der Waals surface area contributed by atoms with Crippen LogP contribution in [0.2, 0.25) is 0 Å². The summed E-state index contributed by atoms with van der Waals surface area (Å²) in [4.78, 5) is 17.2. The lowest BCUT2D eigenvalue weighted by atomic mass is 9.88. The molecule has 6 heteroatoms. The lowest BCUT2D eigenvalue weighted by Gasteiger charge is -2.28. The molecular weight excluding hydrogens is 444 g/mol. The van der Waals surface area contributed by atoms with E-state index in [0.717, 1.165) is 42.0 Å². The minimum atomic E-state index is -0.485. The molecular formula is C28H40N2O3S. The molecule has 0 fully saturated rings. The molecule has 1 aromatic heterocycles. The van der Waals surface area contributed by atoms with Gasteiger partial charge in [-0.2, -0.15) is 0 Å². The van der Waals surface area contributed by atoms with Gasteiger partial charge in [-0.3, -0.25) is 4.79 Å². The van der Waals surface area contributed by atoms with Gasteiger partial charge in [0.05, 0.1) is 35.1 Å². The van der Waals surface area contributed by atoms with Crippen LogP contribution in [0.1, 0.15) is 70.0 Å². The second-order valence-corrected chi connectivity index (χ2v) is 11.1. The van der Waals surface area contributed by atoms with Crippen LogP contribution < -0.4 is 5.32 Å². The third kappa shape index (κ3) is 8.97. The molecule has 34 heavy (non-hydrogen) atoms. The van der Waals surface area contributed by atoms with E-state index in [9.17, 15) is 9.90 Å². The largest absolute Gasteiger partial charge is 0.389 e. The molecule has 1 amide bonds. The first-order valence-electron chi connectivity index (χ1n) is 12.5. The van der Waals surface area contributed by atoms with Gasteiger partial charge in [-0.1, -0.05) is 44.2 Å². The quantitative estimate of drug-likeness (QED) is 0.523. The zero-order valence-corrected chi connectivity index (χ0v) is 21.8. The molecule has 2 aliphatic rings. The number of ether oxygens (including phenoxy) is 1. The number of nitrogens with one attached hydrogen (secondary N) is 1. The minimum Gasteiger partial charge on any atom is -0.389 e. The Morgan fingerprint density at radius 2 is 1.88 bits per heavy atom. The fraction of sp³-hybridized carbons (Fsp3) is 0.571. The predicted molar refractivity (Wildman–Crippen MR) is 141 cm³/mol. The van der Waals surface area contributed by atoms with Gasteiger partial charge in [-0.05, 0) is 81.9 Å². The van der Waals surface area contributed by atoms with E-state index >= 15 is 0 Å². The molecule has 0 aliphatic carbocycles. The molecule has 6 unspecified atom stereocenters. The summed E-state index contributed by atoms with van der Waals surface area (Å²) in [5.41, 5.74) is 1.94. The minimum absolute atomic E-state index is 0.0152. The van der Waals surface area contributed by atoms with Crippen LogP contribution in [0.3, 0.4) is 0 Å². The highest BCUT2D eigenvalue weighted by molar-refractivity contribution is 7.09. The lowest BCUT2D eigenvalue weighted by Crippen LogP contribution is -2.34. The SMILES string of the molecule is C/C(=C\c1csc(C)n1)C1C/C=C\C(O)CC(C)CC(C)CC2CC=CC(C/C=C\C(=O)N1)O2. The summed E-state index contributed by atoms with van der Waals surface area (Å²) in [6.07, 6.45) is 18.5. The van der Waals surface area contributed by atoms with Crippen molar-refractivity contribution >= 4 is 23.3 Å². The van der Waals surface area contributed by atoms with E-state index < -0.39 is 6.10 Å². The van der Waals surface area contributed by atoms with Gasteiger partial charge in [-0.15, -0.1) is 11.3 Å². The maximum absolute atomic E-state index is 12.7. The van der Waals surface area contributed by atoms with Gasteiger partial charge in [0.2, 0.25) is 5.91 Å². The fourth-order valence-electron chi connectivity index (χ4n) is 4.87. The third-order valence-corrected chi connectivity index (χ3v) is 7.27. The van der Waals surface area contributed by atoms with Crippen LogP contribution in [0.15, 0.2) is 47.4 Å². The Morgan fingerprint density at radius 3 is 2.65 bits per heavy atom. The van der Waals surface area contributed by atoms with Crippen LogP contribution in [0.25, 0.3) is 6.08 Å². The van der Waals surface area contributed by atoms with Gasteiger partial charge in [0.25, 0.3) is 0 Å². The second kappa shape index (κ2) is 13.2. The molecule has 3 heterocycles. The van der Waals surface area contributed by atoms with E-state index in [1.54, 1.807) is 17.4 Å². The number of hydrogen-bond donors (Lipinski definition) is 2. The van der Waals surface area contributed by atoms with Crippen molar-refractivity contribution in [3.05, 3.63) is 58.1 Å². The molecule has 0 aromatic carbocycles. The summed E-state index contributed by atoms with van der Waals surface area (Å²) in [6.45, 7) is 8.50. The molecule has 3 rings (SSSR count). The molecule has 2 N–H and O–H groups in total. The molecule has 1 aromatic rings. The summed E-state index contributed by atoms with van der Waals surface area (Å²) < 4.78 is 6.28. The Labute approximate surface area is 208 Å². The average Bonchev–Trinajstić information content (AvgIpc) is 3.16. The van der Waals surface area contributed by atoms with Crippen molar-refractivity contribution < 1.29 is 14.6 Å². The van der Waals surface area contributed by atoms with Crippen LogP contribution in [-0.4, -0.2) is 40.4 Å². The number of fused-ring (bicyclic) bond motifs is 2. The average molecular weight is 485 g/mol. The standard InChI is InChI=1S/C28H40N2O3S/c1-19-14-20(2)16-26-11-6-9-25(33-26)10-7-13-28(32)30-27(12-5-8-24(31)15-19)21(3)17-23-18-34-22(4)29-23/h5-9,13,17-20,24-27,31H,10-12,14-16H2,1-4H3,(H,30,32)/b8-5-,13-7-,21-17+. The number of hydrogen-bond acceptors (Lipinski definition) is 5. The second-order valence-electron chi connectivity index (χ2n) is 9.99. The highest BCUT2D eigenvalue weighted by Gasteiger charge is 2.22. The molecule has 2 bridgehead atoms. The number of amides is 1. The summed E-state index contributed by atoms with van der Waals surface area (Å²) in [7, 11) is 0. The molecule has 5 nitrogen and oxygen atoms in total. The summed E-state index contributed by atoms with van der Waals surface area (Å²) in [6, 6.07) is -0.172. The number of thiazole rings is 1. The van der Waals surface area contributed by atoms with E-state index in [0.29, 0.717) is 24.7 Å². The lowest BCUT2D eigenvalue weighted by molar-refractivity contribution is -0.116. The summed E-state index contributed by atoms with van der Waals surface area (Å²) in [5, 5.41) is 16.7. The number of rotatable bonds is 2.